The maximum Gasteiger partial charge on any atom is 0.261 e. The Kier molecular flexibility index (Phi) is 2.75. The Morgan fingerprint density at radius 2 is 2.14 bits per heavy atom. The number of alkyl halides is 2. The molecule has 0 aromatic carbocycles. The molecule has 2 aliphatic rings. The molecule has 0 unspecified atom stereocenters. The maximum absolute atomic E-state index is 13.0. The second-order valence-corrected chi connectivity index (χ2v) is 4.41. The lowest BCUT2D eigenvalue weighted by Gasteiger charge is -2.23. The Labute approximate surface area is 83.9 Å². The fourth-order valence-electron chi connectivity index (χ4n) is 2.47. The summed E-state index contributed by atoms with van der Waals surface area (Å²) >= 11 is 0. The molecular formula is C10H18F2N2. The van der Waals surface area contributed by atoms with E-state index in [1.165, 1.54) is 0 Å². The van der Waals surface area contributed by atoms with Gasteiger partial charge in [-0.3, -0.25) is 4.90 Å². The number of likely N-dealkylation sites (tertiary alicyclic amines) is 2. The molecule has 2 nitrogen and oxygen atoms in total. The second-order valence-electron chi connectivity index (χ2n) is 4.41. The number of hydrogen-bond donors (Lipinski definition) is 0. The zero-order valence-corrected chi connectivity index (χ0v) is 8.68. The fourth-order valence-corrected chi connectivity index (χ4v) is 2.47. The lowest BCUT2D eigenvalue weighted by Crippen LogP contribution is -2.37. The average Bonchev–Trinajstić information content (AvgIpc) is 2.70. The van der Waals surface area contributed by atoms with E-state index >= 15 is 0 Å². The van der Waals surface area contributed by atoms with E-state index in [4.69, 9.17) is 0 Å². The highest BCUT2D eigenvalue weighted by Gasteiger charge is 2.42. The highest BCUT2D eigenvalue weighted by Crippen LogP contribution is 2.30. The minimum atomic E-state index is -2.43. The molecule has 0 aliphatic carbocycles. The molecule has 0 aromatic heterocycles. The van der Waals surface area contributed by atoms with Crippen molar-refractivity contribution in [2.45, 2.75) is 31.7 Å². The predicted octanol–water partition coefficient (Wildman–Crippen LogP) is 1.42. The van der Waals surface area contributed by atoms with Crippen molar-refractivity contribution >= 4 is 0 Å². The van der Waals surface area contributed by atoms with Crippen molar-refractivity contribution in [3.8, 4) is 0 Å². The number of rotatable bonds is 2. The molecule has 0 N–H and O–H groups in total. The molecule has 82 valence electrons. The number of hydrogen-bond acceptors (Lipinski definition) is 2. The molecule has 2 saturated heterocycles. The van der Waals surface area contributed by atoms with Gasteiger partial charge < -0.3 is 4.90 Å². The van der Waals surface area contributed by atoms with Crippen molar-refractivity contribution < 1.29 is 8.78 Å². The monoisotopic (exact) mass is 204 g/mol. The van der Waals surface area contributed by atoms with Gasteiger partial charge in [-0.05, 0) is 19.5 Å². The van der Waals surface area contributed by atoms with Crippen LogP contribution < -0.4 is 0 Å². The van der Waals surface area contributed by atoms with Crippen LogP contribution in [0.1, 0.15) is 19.8 Å². The maximum atomic E-state index is 13.0. The van der Waals surface area contributed by atoms with Gasteiger partial charge in [-0.25, -0.2) is 8.78 Å². The molecule has 2 rings (SSSR count). The van der Waals surface area contributed by atoms with E-state index in [0.717, 1.165) is 26.1 Å². The van der Waals surface area contributed by atoms with Crippen LogP contribution in [0.4, 0.5) is 8.78 Å². The summed E-state index contributed by atoms with van der Waals surface area (Å²) in [6.07, 6.45) is 1.11. The molecule has 2 heterocycles. The van der Waals surface area contributed by atoms with Crippen LogP contribution in [-0.4, -0.2) is 54.5 Å². The summed E-state index contributed by atoms with van der Waals surface area (Å²) in [5.74, 6) is -2.43. The normalized spacial score (nSPS) is 34.1. The van der Waals surface area contributed by atoms with E-state index in [-0.39, 0.29) is 13.0 Å². The van der Waals surface area contributed by atoms with Crippen molar-refractivity contribution in [3.05, 3.63) is 0 Å². The third kappa shape index (κ3) is 2.06. The minimum absolute atomic E-state index is 0.0186. The minimum Gasteiger partial charge on any atom is -0.302 e. The molecule has 2 fully saturated rings. The largest absolute Gasteiger partial charge is 0.302 e. The zero-order chi connectivity index (χ0) is 10.2. The summed E-state index contributed by atoms with van der Waals surface area (Å²) in [6, 6.07) is 0.378. The van der Waals surface area contributed by atoms with Crippen LogP contribution in [0, 0.1) is 0 Å². The van der Waals surface area contributed by atoms with Crippen molar-refractivity contribution in [1.29, 1.82) is 0 Å². The smallest absolute Gasteiger partial charge is 0.261 e. The molecule has 0 aromatic rings. The molecule has 0 saturated carbocycles. The van der Waals surface area contributed by atoms with Crippen LogP contribution in [0.15, 0.2) is 0 Å². The van der Waals surface area contributed by atoms with E-state index in [9.17, 15) is 8.78 Å². The van der Waals surface area contributed by atoms with E-state index in [1.54, 1.807) is 0 Å². The third-order valence-corrected chi connectivity index (χ3v) is 3.41. The summed E-state index contributed by atoms with van der Waals surface area (Å²) in [4.78, 5) is 4.30. The molecule has 0 spiro atoms. The Bertz CT molecular complexity index is 208. The second kappa shape index (κ2) is 3.74. The summed E-state index contributed by atoms with van der Waals surface area (Å²) in [5.41, 5.74) is 0. The summed E-state index contributed by atoms with van der Waals surface area (Å²) in [7, 11) is 0. The van der Waals surface area contributed by atoms with Gasteiger partial charge in [-0.1, -0.05) is 6.92 Å². The number of nitrogens with zero attached hydrogens (tertiary/aromatic N) is 2. The standard InChI is InChI=1S/C10H18F2N2/c1-2-13-5-3-9(7-13)14-6-4-10(11,12)8-14/h9H,2-8H2,1H3/t9-/m0/s1. The topological polar surface area (TPSA) is 6.48 Å². The predicted molar refractivity (Wildman–Crippen MR) is 51.7 cm³/mol. The Morgan fingerprint density at radius 3 is 2.64 bits per heavy atom. The first kappa shape index (κ1) is 10.3. The zero-order valence-electron chi connectivity index (χ0n) is 8.68. The van der Waals surface area contributed by atoms with Gasteiger partial charge in [0.2, 0.25) is 0 Å². The molecule has 0 radical (unpaired) electrons. The van der Waals surface area contributed by atoms with Crippen LogP contribution in [-0.2, 0) is 0 Å². The van der Waals surface area contributed by atoms with Crippen LogP contribution in [0.25, 0.3) is 0 Å². The first-order valence-electron chi connectivity index (χ1n) is 5.45. The fraction of sp³-hybridized carbons (Fsp3) is 1.00. The van der Waals surface area contributed by atoms with Crippen LogP contribution >= 0.6 is 0 Å². The SMILES string of the molecule is CCN1CC[C@H](N2CCC(F)(F)C2)C1. The average molecular weight is 204 g/mol. The Morgan fingerprint density at radius 1 is 1.36 bits per heavy atom. The van der Waals surface area contributed by atoms with Gasteiger partial charge >= 0.3 is 0 Å². The van der Waals surface area contributed by atoms with Gasteiger partial charge in [0.15, 0.2) is 0 Å². The third-order valence-electron chi connectivity index (χ3n) is 3.41. The van der Waals surface area contributed by atoms with Gasteiger partial charge in [-0.2, -0.15) is 0 Å². The summed E-state index contributed by atoms with van der Waals surface area (Å²) in [6.45, 7) is 5.78. The van der Waals surface area contributed by atoms with E-state index in [1.807, 2.05) is 4.90 Å². The highest BCUT2D eigenvalue weighted by atomic mass is 19.3. The van der Waals surface area contributed by atoms with Gasteiger partial charge in [0, 0.05) is 25.6 Å². The van der Waals surface area contributed by atoms with Crippen LogP contribution in [0.5, 0.6) is 0 Å². The lowest BCUT2D eigenvalue weighted by atomic mass is 10.2. The Hall–Kier alpha value is -0.220. The number of likely N-dealkylation sites (N-methyl/N-ethyl adjacent to an activating group) is 1. The lowest BCUT2D eigenvalue weighted by molar-refractivity contribution is 0.00807. The van der Waals surface area contributed by atoms with Gasteiger partial charge in [-0.15, -0.1) is 0 Å². The molecule has 1 atom stereocenters. The van der Waals surface area contributed by atoms with E-state index < -0.39 is 5.92 Å². The van der Waals surface area contributed by atoms with E-state index in [0.29, 0.717) is 12.6 Å². The quantitative estimate of drug-likeness (QED) is 0.671. The Balaban J connectivity index is 1.86. The van der Waals surface area contributed by atoms with Crippen molar-refractivity contribution in [1.82, 2.24) is 9.80 Å². The van der Waals surface area contributed by atoms with Crippen molar-refractivity contribution in [3.63, 3.8) is 0 Å². The van der Waals surface area contributed by atoms with Gasteiger partial charge in [0.05, 0.1) is 6.54 Å². The van der Waals surface area contributed by atoms with Gasteiger partial charge in [0.1, 0.15) is 0 Å². The van der Waals surface area contributed by atoms with Crippen LogP contribution in [0.2, 0.25) is 0 Å². The molecular weight excluding hydrogens is 186 g/mol. The van der Waals surface area contributed by atoms with Crippen molar-refractivity contribution in [2.75, 3.05) is 32.7 Å². The summed E-state index contributed by atoms with van der Waals surface area (Å²) < 4.78 is 25.9. The molecule has 4 heteroatoms. The van der Waals surface area contributed by atoms with E-state index in [2.05, 4.69) is 11.8 Å². The number of halogens is 2. The first-order chi connectivity index (χ1) is 6.61. The highest BCUT2D eigenvalue weighted by molar-refractivity contribution is 4.90. The summed E-state index contributed by atoms with van der Waals surface area (Å²) in [5, 5.41) is 0. The first-order valence-corrected chi connectivity index (χ1v) is 5.45. The molecule has 0 amide bonds. The van der Waals surface area contributed by atoms with Gasteiger partial charge in [0.25, 0.3) is 5.92 Å². The van der Waals surface area contributed by atoms with Crippen molar-refractivity contribution in [2.24, 2.45) is 0 Å². The molecule has 2 aliphatic heterocycles. The molecule has 0 bridgehead atoms. The molecule has 14 heavy (non-hydrogen) atoms. The van der Waals surface area contributed by atoms with Crippen LogP contribution in [0.3, 0.4) is 0 Å².